The van der Waals surface area contributed by atoms with Gasteiger partial charge in [0.1, 0.15) is 0 Å². The van der Waals surface area contributed by atoms with Crippen LogP contribution in [0.4, 0.5) is 4.79 Å². The van der Waals surface area contributed by atoms with E-state index in [0.29, 0.717) is 32.5 Å². The lowest BCUT2D eigenvalue weighted by Gasteiger charge is -2.12. The average molecular weight is 280 g/mol. The standard InChI is InChI=1S/C15H24N2O3/c1-3-14(18)8-9-16-15(19)17-10-12-6-4-5-7-13(12)11-20-2/h4-7,14,18H,3,8-11H2,1-2H3,(H2,16,17,19). The molecule has 2 amide bonds. The predicted molar refractivity (Wildman–Crippen MR) is 78.3 cm³/mol. The summed E-state index contributed by atoms with van der Waals surface area (Å²) >= 11 is 0. The second kappa shape index (κ2) is 9.34. The third-order valence-corrected chi connectivity index (χ3v) is 3.09. The zero-order valence-electron chi connectivity index (χ0n) is 12.2. The number of carbonyl (C=O) groups is 1. The summed E-state index contributed by atoms with van der Waals surface area (Å²) in [5, 5.41) is 14.9. The number of methoxy groups -OCH3 is 1. The molecule has 0 aliphatic carbocycles. The van der Waals surface area contributed by atoms with Crippen LogP contribution in [0, 0.1) is 0 Å². The average Bonchev–Trinajstić information content (AvgIpc) is 2.46. The maximum absolute atomic E-state index is 11.6. The van der Waals surface area contributed by atoms with Crippen LogP contribution in [0.3, 0.4) is 0 Å². The van der Waals surface area contributed by atoms with Crippen LogP contribution >= 0.6 is 0 Å². The second-order valence-corrected chi connectivity index (χ2v) is 4.66. The normalized spacial score (nSPS) is 11.9. The second-order valence-electron chi connectivity index (χ2n) is 4.66. The number of aliphatic hydroxyl groups excluding tert-OH is 1. The van der Waals surface area contributed by atoms with Gasteiger partial charge in [-0.1, -0.05) is 31.2 Å². The van der Waals surface area contributed by atoms with Crippen molar-refractivity contribution < 1.29 is 14.6 Å². The number of hydrogen-bond acceptors (Lipinski definition) is 3. The van der Waals surface area contributed by atoms with Crippen LogP contribution < -0.4 is 10.6 Å². The van der Waals surface area contributed by atoms with Crippen LogP contribution in [0.1, 0.15) is 30.9 Å². The van der Waals surface area contributed by atoms with E-state index in [9.17, 15) is 9.90 Å². The van der Waals surface area contributed by atoms with Crippen LogP contribution in [0.15, 0.2) is 24.3 Å². The molecule has 0 bridgehead atoms. The summed E-state index contributed by atoms with van der Waals surface area (Å²) in [5.41, 5.74) is 2.11. The lowest BCUT2D eigenvalue weighted by Crippen LogP contribution is -2.36. The van der Waals surface area contributed by atoms with E-state index >= 15 is 0 Å². The highest BCUT2D eigenvalue weighted by Crippen LogP contribution is 2.09. The fourth-order valence-electron chi connectivity index (χ4n) is 1.82. The SMILES string of the molecule is CCC(O)CCNC(=O)NCc1ccccc1COC. The summed E-state index contributed by atoms with van der Waals surface area (Å²) in [6, 6.07) is 7.61. The highest BCUT2D eigenvalue weighted by Gasteiger charge is 2.05. The van der Waals surface area contributed by atoms with E-state index in [4.69, 9.17) is 4.74 Å². The molecule has 1 aromatic rings. The van der Waals surface area contributed by atoms with E-state index in [1.54, 1.807) is 7.11 Å². The van der Waals surface area contributed by atoms with Crippen molar-refractivity contribution in [3.05, 3.63) is 35.4 Å². The van der Waals surface area contributed by atoms with Crippen LogP contribution in [0.5, 0.6) is 0 Å². The van der Waals surface area contributed by atoms with Crippen molar-refractivity contribution in [2.24, 2.45) is 0 Å². The molecule has 0 heterocycles. The zero-order chi connectivity index (χ0) is 14.8. The van der Waals surface area contributed by atoms with Crippen molar-refractivity contribution in [3.8, 4) is 0 Å². The molecule has 0 saturated carbocycles. The van der Waals surface area contributed by atoms with Crippen molar-refractivity contribution in [1.29, 1.82) is 0 Å². The monoisotopic (exact) mass is 280 g/mol. The van der Waals surface area contributed by atoms with Crippen LogP contribution in [0.25, 0.3) is 0 Å². The molecule has 3 N–H and O–H groups in total. The summed E-state index contributed by atoms with van der Waals surface area (Å²) in [6.07, 6.45) is 0.926. The van der Waals surface area contributed by atoms with E-state index in [0.717, 1.165) is 11.1 Å². The smallest absolute Gasteiger partial charge is 0.315 e. The first kappa shape index (κ1) is 16.5. The Hall–Kier alpha value is -1.59. The molecule has 5 nitrogen and oxygen atoms in total. The first-order valence-electron chi connectivity index (χ1n) is 6.92. The third kappa shape index (κ3) is 6.04. The number of urea groups is 1. The molecule has 0 spiro atoms. The van der Waals surface area contributed by atoms with Gasteiger partial charge in [0.15, 0.2) is 0 Å². The fraction of sp³-hybridized carbons (Fsp3) is 0.533. The molecule has 0 saturated heterocycles. The van der Waals surface area contributed by atoms with Crippen LogP contribution in [-0.2, 0) is 17.9 Å². The highest BCUT2D eigenvalue weighted by atomic mass is 16.5. The molecule has 0 aliphatic heterocycles. The summed E-state index contributed by atoms with van der Waals surface area (Å²) in [4.78, 5) is 11.6. The maximum atomic E-state index is 11.6. The van der Waals surface area contributed by atoms with Gasteiger partial charge in [0.05, 0.1) is 12.7 Å². The minimum absolute atomic E-state index is 0.222. The van der Waals surface area contributed by atoms with Crippen molar-refractivity contribution in [2.75, 3.05) is 13.7 Å². The first-order chi connectivity index (χ1) is 9.67. The van der Waals surface area contributed by atoms with E-state index in [2.05, 4.69) is 10.6 Å². The number of benzene rings is 1. The largest absolute Gasteiger partial charge is 0.393 e. The molecule has 112 valence electrons. The number of hydrogen-bond donors (Lipinski definition) is 3. The summed E-state index contributed by atoms with van der Waals surface area (Å²) in [7, 11) is 1.65. The molecule has 0 radical (unpaired) electrons. The molecule has 1 atom stereocenters. The van der Waals surface area contributed by atoms with E-state index in [1.165, 1.54) is 0 Å². The lowest BCUT2D eigenvalue weighted by molar-refractivity contribution is 0.160. The molecule has 5 heteroatoms. The maximum Gasteiger partial charge on any atom is 0.315 e. The molecule has 1 rings (SSSR count). The van der Waals surface area contributed by atoms with Gasteiger partial charge in [-0.2, -0.15) is 0 Å². The quantitative estimate of drug-likeness (QED) is 0.680. The Morgan fingerprint density at radius 1 is 1.30 bits per heavy atom. The Labute approximate surface area is 120 Å². The molecular weight excluding hydrogens is 256 g/mol. The van der Waals surface area contributed by atoms with Gasteiger partial charge in [0, 0.05) is 20.2 Å². The number of rotatable bonds is 8. The van der Waals surface area contributed by atoms with Crippen LogP contribution in [0.2, 0.25) is 0 Å². The topological polar surface area (TPSA) is 70.6 Å². The first-order valence-corrected chi connectivity index (χ1v) is 6.92. The number of nitrogens with one attached hydrogen (secondary N) is 2. The summed E-state index contributed by atoms with van der Waals surface area (Å²) in [6.45, 7) is 3.38. The Bertz CT molecular complexity index is 410. The van der Waals surface area contributed by atoms with Gasteiger partial charge < -0.3 is 20.5 Å². The van der Waals surface area contributed by atoms with Gasteiger partial charge >= 0.3 is 6.03 Å². The highest BCUT2D eigenvalue weighted by molar-refractivity contribution is 5.73. The predicted octanol–water partition coefficient (Wildman–Crippen LogP) is 1.79. The Morgan fingerprint density at radius 2 is 2.00 bits per heavy atom. The Balaban J connectivity index is 2.33. The number of carbonyl (C=O) groups excluding carboxylic acids is 1. The van der Waals surface area contributed by atoms with Gasteiger partial charge in [-0.15, -0.1) is 0 Å². The molecular formula is C15H24N2O3. The van der Waals surface area contributed by atoms with E-state index in [-0.39, 0.29) is 12.1 Å². The van der Waals surface area contributed by atoms with Gasteiger partial charge in [-0.25, -0.2) is 4.79 Å². The van der Waals surface area contributed by atoms with Crippen molar-refractivity contribution in [1.82, 2.24) is 10.6 Å². The van der Waals surface area contributed by atoms with Crippen LogP contribution in [-0.4, -0.2) is 30.9 Å². The minimum Gasteiger partial charge on any atom is -0.393 e. The van der Waals surface area contributed by atoms with Gasteiger partial charge in [0.25, 0.3) is 0 Å². The molecule has 1 aromatic carbocycles. The van der Waals surface area contributed by atoms with Crippen molar-refractivity contribution in [3.63, 3.8) is 0 Å². The fourth-order valence-corrected chi connectivity index (χ4v) is 1.82. The summed E-state index contributed by atoms with van der Waals surface area (Å²) < 4.78 is 5.12. The molecule has 1 unspecified atom stereocenters. The van der Waals surface area contributed by atoms with Gasteiger partial charge in [-0.05, 0) is 24.0 Å². The van der Waals surface area contributed by atoms with E-state index in [1.807, 2.05) is 31.2 Å². The minimum atomic E-state index is -0.349. The number of aliphatic hydroxyl groups is 1. The van der Waals surface area contributed by atoms with Crippen molar-refractivity contribution in [2.45, 2.75) is 39.0 Å². The Morgan fingerprint density at radius 3 is 2.65 bits per heavy atom. The summed E-state index contributed by atoms with van der Waals surface area (Å²) in [5.74, 6) is 0. The van der Waals surface area contributed by atoms with Gasteiger partial charge in [0.2, 0.25) is 0 Å². The van der Waals surface area contributed by atoms with Crippen molar-refractivity contribution >= 4 is 6.03 Å². The van der Waals surface area contributed by atoms with Gasteiger partial charge in [-0.3, -0.25) is 0 Å². The van der Waals surface area contributed by atoms with E-state index < -0.39 is 0 Å². The Kier molecular flexibility index (Phi) is 7.69. The lowest BCUT2D eigenvalue weighted by atomic mass is 10.1. The molecule has 0 fully saturated rings. The number of amides is 2. The molecule has 0 aliphatic rings. The third-order valence-electron chi connectivity index (χ3n) is 3.09. The molecule has 0 aromatic heterocycles. The zero-order valence-corrected chi connectivity index (χ0v) is 12.2. The number of ether oxygens (including phenoxy) is 1. The molecule has 20 heavy (non-hydrogen) atoms.